The zero-order valence-corrected chi connectivity index (χ0v) is 14.2. The van der Waals surface area contributed by atoms with E-state index in [1.807, 2.05) is 37.8 Å². The minimum atomic E-state index is -0.440. The van der Waals surface area contributed by atoms with Gasteiger partial charge in [0.2, 0.25) is 0 Å². The van der Waals surface area contributed by atoms with Crippen LogP contribution in [0, 0.1) is 11.8 Å². The van der Waals surface area contributed by atoms with E-state index in [0.717, 1.165) is 31.5 Å². The standard InChI is InChI=1S/C18H26N2O3/c1-18(2,3)23-17(21)20-10-14-4-5-15(11-20)16(14)22-12-13-6-8-19-9-7-13/h6-9,14-16H,4-5,10-12H2,1-3H3/t14-,15+,16-. The van der Waals surface area contributed by atoms with E-state index >= 15 is 0 Å². The molecule has 1 aromatic heterocycles. The second kappa shape index (κ2) is 6.48. The number of hydrogen-bond donors (Lipinski definition) is 0. The van der Waals surface area contributed by atoms with Crippen molar-refractivity contribution >= 4 is 6.09 Å². The minimum absolute atomic E-state index is 0.193. The summed E-state index contributed by atoms with van der Waals surface area (Å²) in [4.78, 5) is 18.2. The number of likely N-dealkylation sites (tertiary alicyclic amines) is 1. The molecule has 1 amide bonds. The Morgan fingerprint density at radius 3 is 2.39 bits per heavy atom. The molecule has 0 radical (unpaired) electrons. The van der Waals surface area contributed by atoms with Gasteiger partial charge in [0.05, 0.1) is 12.7 Å². The summed E-state index contributed by atoms with van der Waals surface area (Å²) in [5.41, 5.74) is 0.708. The van der Waals surface area contributed by atoms with Crippen LogP contribution < -0.4 is 0 Å². The van der Waals surface area contributed by atoms with Crippen LogP contribution >= 0.6 is 0 Å². The fourth-order valence-corrected chi connectivity index (χ4v) is 3.59. The second-order valence-corrected chi connectivity index (χ2v) is 7.61. The van der Waals surface area contributed by atoms with E-state index in [-0.39, 0.29) is 12.2 Å². The predicted octanol–water partition coefficient (Wildman–Crippen LogP) is 3.24. The smallest absolute Gasteiger partial charge is 0.410 e. The van der Waals surface area contributed by atoms with Gasteiger partial charge in [-0.2, -0.15) is 0 Å². The third kappa shape index (κ3) is 4.02. The van der Waals surface area contributed by atoms with Crippen molar-refractivity contribution in [2.24, 2.45) is 11.8 Å². The number of aromatic nitrogens is 1. The first-order valence-corrected chi connectivity index (χ1v) is 8.41. The average molecular weight is 318 g/mol. The van der Waals surface area contributed by atoms with Gasteiger partial charge in [-0.1, -0.05) is 0 Å². The Morgan fingerprint density at radius 1 is 1.22 bits per heavy atom. The van der Waals surface area contributed by atoms with Crippen LogP contribution in [0.4, 0.5) is 4.79 Å². The summed E-state index contributed by atoms with van der Waals surface area (Å²) < 4.78 is 11.7. The van der Waals surface area contributed by atoms with Gasteiger partial charge in [0, 0.05) is 37.3 Å². The maximum atomic E-state index is 12.3. The van der Waals surface area contributed by atoms with Gasteiger partial charge in [-0.15, -0.1) is 0 Å². The summed E-state index contributed by atoms with van der Waals surface area (Å²) in [6, 6.07) is 3.97. The van der Waals surface area contributed by atoms with Crippen LogP contribution in [0.1, 0.15) is 39.2 Å². The van der Waals surface area contributed by atoms with Crippen molar-refractivity contribution in [3.05, 3.63) is 30.1 Å². The molecule has 0 N–H and O–H groups in total. The average Bonchev–Trinajstić information content (AvgIpc) is 2.73. The quantitative estimate of drug-likeness (QED) is 0.858. The van der Waals surface area contributed by atoms with Crippen molar-refractivity contribution in [1.82, 2.24) is 9.88 Å². The number of ether oxygens (including phenoxy) is 2. The summed E-state index contributed by atoms with van der Waals surface area (Å²) in [7, 11) is 0. The van der Waals surface area contributed by atoms with E-state index in [1.54, 1.807) is 12.4 Å². The normalized spacial score (nSPS) is 27.1. The van der Waals surface area contributed by atoms with Gasteiger partial charge in [-0.25, -0.2) is 4.79 Å². The number of carbonyl (C=O) groups excluding carboxylic acids is 1. The van der Waals surface area contributed by atoms with Crippen LogP contribution in [0.2, 0.25) is 0 Å². The van der Waals surface area contributed by atoms with Crippen molar-refractivity contribution in [3.63, 3.8) is 0 Å². The summed E-state index contributed by atoms with van der Waals surface area (Å²) in [6.07, 6.45) is 5.90. The van der Waals surface area contributed by atoms with Gasteiger partial charge in [0.25, 0.3) is 0 Å². The molecule has 126 valence electrons. The number of fused-ring (bicyclic) bond motifs is 2. The number of carbonyl (C=O) groups is 1. The first kappa shape index (κ1) is 16.2. The van der Waals surface area contributed by atoms with Crippen molar-refractivity contribution in [2.45, 2.75) is 51.9 Å². The monoisotopic (exact) mass is 318 g/mol. The highest BCUT2D eigenvalue weighted by Crippen LogP contribution is 2.39. The molecule has 1 aliphatic heterocycles. The highest BCUT2D eigenvalue weighted by Gasteiger charge is 2.44. The molecule has 0 spiro atoms. The molecule has 1 saturated carbocycles. The molecule has 3 rings (SSSR count). The second-order valence-electron chi connectivity index (χ2n) is 7.61. The highest BCUT2D eigenvalue weighted by atomic mass is 16.6. The number of nitrogens with zero attached hydrogens (tertiary/aromatic N) is 2. The van der Waals surface area contributed by atoms with Crippen molar-refractivity contribution < 1.29 is 14.3 Å². The number of pyridine rings is 1. The van der Waals surface area contributed by atoms with E-state index in [4.69, 9.17) is 9.47 Å². The van der Waals surface area contributed by atoms with Crippen LogP contribution in [0.3, 0.4) is 0 Å². The van der Waals surface area contributed by atoms with Crippen LogP contribution in [-0.2, 0) is 16.1 Å². The molecule has 5 heteroatoms. The van der Waals surface area contributed by atoms with E-state index in [1.165, 1.54) is 0 Å². The molecule has 23 heavy (non-hydrogen) atoms. The topological polar surface area (TPSA) is 51.7 Å². The molecule has 1 saturated heterocycles. The summed E-state index contributed by atoms with van der Waals surface area (Å²) in [6.45, 7) is 7.82. The van der Waals surface area contributed by atoms with Crippen molar-refractivity contribution in [1.29, 1.82) is 0 Å². The molecule has 2 bridgehead atoms. The number of hydrogen-bond acceptors (Lipinski definition) is 4. The van der Waals surface area contributed by atoms with Crippen LogP contribution in [0.25, 0.3) is 0 Å². The Balaban J connectivity index is 1.56. The molecule has 2 fully saturated rings. The maximum absolute atomic E-state index is 12.3. The summed E-state index contributed by atoms with van der Waals surface area (Å²) >= 11 is 0. The Bertz CT molecular complexity index is 527. The van der Waals surface area contributed by atoms with Crippen LogP contribution in [0.15, 0.2) is 24.5 Å². The largest absolute Gasteiger partial charge is 0.444 e. The molecular formula is C18H26N2O3. The molecular weight excluding hydrogens is 292 g/mol. The first-order valence-electron chi connectivity index (χ1n) is 8.41. The van der Waals surface area contributed by atoms with Crippen molar-refractivity contribution in [2.75, 3.05) is 13.1 Å². The van der Waals surface area contributed by atoms with Crippen molar-refractivity contribution in [3.8, 4) is 0 Å². The molecule has 2 aliphatic rings. The Hall–Kier alpha value is -1.62. The predicted molar refractivity (Wildman–Crippen MR) is 86.8 cm³/mol. The fraction of sp³-hybridized carbons (Fsp3) is 0.667. The van der Waals surface area contributed by atoms with Gasteiger partial charge in [-0.05, 0) is 51.3 Å². The number of amides is 1. The molecule has 5 nitrogen and oxygen atoms in total. The maximum Gasteiger partial charge on any atom is 0.410 e. The lowest BCUT2D eigenvalue weighted by Gasteiger charge is -2.38. The zero-order valence-electron chi connectivity index (χ0n) is 14.2. The van der Waals surface area contributed by atoms with Gasteiger partial charge in [-0.3, -0.25) is 4.98 Å². The first-order chi connectivity index (χ1) is 10.9. The van der Waals surface area contributed by atoms with E-state index in [2.05, 4.69) is 4.98 Å². The van der Waals surface area contributed by atoms with Gasteiger partial charge < -0.3 is 14.4 Å². The van der Waals surface area contributed by atoms with E-state index < -0.39 is 5.60 Å². The Kier molecular flexibility index (Phi) is 4.57. The highest BCUT2D eigenvalue weighted by molar-refractivity contribution is 5.68. The number of rotatable bonds is 3. The molecule has 1 aliphatic carbocycles. The van der Waals surface area contributed by atoms with Gasteiger partial charge >= 0.3 is 6.09 Å². The zero-order chi connectivity index (χ0) is 16.4. The van der Waals surface area contributed by atoms with Crippen LogP contribution in [-0.4, -0.2) is 40.8 Å². The fourth-order valence-electron chi connectivity index (χ4n) is 3.59. The van der Waals surface area contributed by atoms with Crippen LogP contribution in [0.5, 0.6) is 0 Å². The number of piperidine rings is 1. The molecule has 2 heterocycles. The lowest BCUT2D eigenvalue weighted by molar-refractivity contribution is -0.0556. The van der Waals surface area contributed by atoms with E-state index in [0.29, 0.717) is 18.4 Å². The molecule has 3 atom stereocenters. The molecule has 1 aromatic rings. The molecule has 0 aromatic carbocycles. The van der Waals surface area contributed by atoms with Gasteiger partial charge in [0.15, 0.2) is 0 Å². The summed E-state index contributed by atoms with van der Waals surface area (Å²) in [5.74, 6) is 0.839. The lowest BCUT2D eigenvalue weighted by atomic mass is 9.95. The van der Waals surface area contributed by atoms with Gasteiger partial charge in [0.1, 0.15) is 5.60 Å². The Labute approximate surface area is 138 Å². The third-order valence-corrected chi connectivity index (χ3v) is 4.59. The summed E-state index contributed by atoms with van der Waals surface area (Å²) in [5, 5.41) is 0. The third-order valence-electron chi connectivity index (χ3n) is 4.59. The lowest BCUT2D eigenvalue weighted by Crippen LogP contribution is -2.49. The minimum Gasteiger partial charge on any atom is -0.444 e. The Morgan fingerprint density at radius 2 is 1.83 bits per heavy atom. The SMILES string of the molecule is CC(C)(C)OC(=O)N1C[C@H]2CC[C@@H](C1)[C@@H]2OCc1ccncc1. The molecule has 0 unspecified atom stereocenters. The van der Waals surface area contributed by atoms with E-state index in [9.17, 15) is 4.79 Å².